The van der Waals surface area contributed by atoms with Crippen LogP contribution in [0.2, 0.25) is 0 Å². The van der Waals surface area contributed by atoms with Gasteiger partial charge in [0.25, 0.3) is 5.91 Å². The van der Waals surface area contributed by atoms with Gasteiger partial charge in [-0.25, -0.2) is 8.42 Å². The lowest BCUT2D eigenvalue weighted by molar-refractivity contribution is -0.127. The van der Waals surface area contributed by atoms with Crippen LogP contribution in [0, 0.1) is 6.92 Å². The van der Waals surface area contributed by atoms with E-state index in [1.807, 2.05) is 44.2 Å². The maximum absolute atomic E-state index is 12.6. The van der Waals surface area contributed by atoms with E-state index >= 15 is 0 Å². The molecule has 1 atom stereocenters. The van der Waals surface area contributed by atoms with Crippen LogP contribution in [0.25, 0.3) is 0 Å². The minimum atomic E-state index is -3.53. The van der Waals surface area contributed by atoms with Gasteiger partial charge >= 0.3 is 0 Å². The summed E-state index contributed by atoms with van der Waals surface area (Å²) < 4.78 is 36.9. The lowest BCUT2D eigenvalue weighted by Gasteiger charge is -2.34. The molecule has 162 valence electrons. The Morgan fingerprint density at radius 1 is 1.23 bits per heavy atom. The summed E-state index contributed by atoms with van der Waals surface area (Å²) in [5.74, 6) is 0.920. The van der Waals surface area contributed by atoms with Crippen molar-refractivity contribution in [2.45, 2.75) is 32.8 Å². The maximum Gasteiger partial charge on any atom is 0.263 e. The monoisotopic (exact) mass is 432 g/mol. The average Bonchev–Trinajstić information content (AvgIpc) is 2.71. The Morgan fingerprint density at radius 2 is 1.97 bits per heavy atom. The molecule has 1 aliphatic heterocycles. The normalized spacial score (nSPS) is 15.8. The molecular weight excluding hydrogens is 404 g/mol. The minimum Gasteiger partial charge on any atom is -0.494 e. The summed E-state index contributed by atoms with van der Waals surface area (Å²) in [4.78, 5) is 12.6. The van der Waals surface area contributed by atoms with Crippen LogP contribution >= 0.6 is 0 Å². The standard InChI is InChI=1S/C22H28N2O5S/c1-4-28-18-10-8-17(9-11-18)6-5-13-23-22(25)21-15-24(30(3,26)27)19-14-16(2)7-12-20(19)29-21/h7-12,14,21H,4-6,13,15H2,1-3H3,(H,23,25)/t21-/m0/s1. The van der Waals surface area contributed by atoms with E-state index in [9.17, 15) is 13.2 Å². The lowest BCUT2D eigenvalue weighted by Crippen LogP contribution is -2.50. The van der Waals surface area contributed by atoms with E-state index in [0.29, 0.717) is 24.6 Å². The third kappa shape index (κ3) is 5.44. The molecule has 0 radical (unpaired) electrons. The highest BCUT2D eigenvalue weighted by molar-refractivity contribution is 7.92. The Kier molecular flexibility index (Phi) is 6.87. The van der Waals surface area contributed by atoms with E-state index in [4.69, 9.17) is 9.47 Å². The molecule has 3 rings (SSSR count). The molecule has 0 saturated heterocycles. The first kappa shape index (κ1) is 22.0. The number of benzene rings is 2. The van der Waals surface area contributed by atoms with Gasteiger partial charge in [-0.2, -0.15) is 0 Å². The Bertz CT molecular complexity index is 989. The zero-order chi connectivity index (χ0) is 21.7. The van der Waals surface area contributed by atoms with Crippen molar-refractivity contribution in [1.29, 1.82) is 0 Å². The number of carbonyl (C=O) groups excluding carboxylic acids is 1. The van der Waals surface area contributed by atoms with E-state index in [2.05, 4.69) is 5.32 Å². The molecule has 0 spiro atoms. The number of nitrogens with one attached hydrogen (secondary N) is 1. The van der Waals surface area contributed by atoms with Gasteiger partial charge in [0, 0.05) is 6.54 Å². The van der Waals surface area contributed by atoms with E-state index in [1.165, 1.54) is 4.31 Å². The molecule has 1 heterocycles. The number of sulfonamides is 1. The lowest BCUT2D eigenvalue weighted by atomic mass is 10.1. The fourth-order valence-electron chi connectivity index (χ4n) is 3.35. The predicted octanol–water partition coefficient (Wildman–Crippen LogP) is 2.67. The van der Waals surface area contributed by atoms with Gasteiger partial charge in [-0.1, -0.05) is 18.2 Å². The average molecular weight is 433 g/mol. The van der Waals surface area contributed by atoms with Gasteiger partial charge in [0.05, 0.1) is 25.1 Å². The van der Waals surface area contributed by atoms with Gasteiger partial charge < -0.3 is 14.8 Å². The summed E-state index contributed by atoms with van der Waals surface area (Å²) in [6.07, 6.45) is 1.82. The summed E-state index contributed by atoms with van der Waals surface area (Å²) >= 11 is 0. The number of anilines is 1. The second kappa shape index (κ2) is 9.38. The van der Waals surface area contributed by atoms with Gasteiger partial charge in [0.1, 0.15) is 11.5 Å². The topological polar surface area (TPSA) is 84.9 Å². The first-order chi connectivity index (χ1) is 14.3. The highest BCUT2D eigenvalue weighted by atomic mass is 32.2. The first-order valence-electron chi connectivity index (χ1n) is 10.0. The van der Waals surface area contributed by atoms with Crippen LogP contribution in [-0.4, -0.2) is 46.4 Å². The number of fused-ring (bicyclic) bond motifs is 1. The quantitative estimate of drug-likeness (QED) is 0.649. The largest absolute Gasteiger partial charge is 0.494 e. The molecule has 0 fully saturated rings. The molecule has 7 nitrogen and oxygen atoms in total. The molecule has 0 aromatic heterocycles. The first-order valence-corrected chi connectivity index (χ1v) is 11.9. The molecule has 2 aromatic rings. The summed E-state index contributed by atoms with van der Waals surface area (Å²) in [5.41, 5.74) is 2.55. The second-order valence-corrected chi connectivity index (χ2v) is 9.25. The molecule has 1 N–H and O–H groups in total. The molecule has 8 heteroatoms. The number of ether oxygens (including phenoxy) is 2. The van der Waals surface area contributed by atoms with Gasteiger partial charge in [0.2, 0.25) is 10.0 Å². The van der Waals surface area contributed by atoms with Crippen molar-refractivity contribution in [3.8, 4) is 11.5 Å². The molecule has 0 saturated carbocycles. The minimum absolute atomic E-state index is 0.0417. The highest BCUT2D eigenvalue weighted by Crippen LogP contribution is 2.35. The van der Waals surface area contributed by atoms with Crippen molar-refractivity contribution in [1.82, 2.24) is 5.32 Å². The molecule has 0 aliphatic carbocycles. The van der Waals surface area contributed by atoms with Crippen LogP contribution in [-0.2, 0) is 21.2 Å². The van der Waals surface area contributed by atoms with Crippen LogP contribution in [0.3, 0.4) is 0 Å². The second-order valence-electron chi connectivity index (χ2n) is 7.34. The number of hydrogen-bond donors (Lipinski definition) is 1. The summed E-state index contributed by atoms with van der Waals surface area (Å²) in [6, 6.07) is 13.2. The predicted molar refractivity (Wildman–Crippen MR) is 117 cm³/mol. The summed E-state index contributed by atoms with van der Waals surface area (Å²) in [7, 11) is -3.53. The van der Waals surface area contributed by atoms with E-state index < -0.39 is 16.1 Å². The number of nitrogens with zero attached hydrogens (tertiary/aromatic N) is 1. The van der Waals surface area contributed by atoms with E-state index in [-0.39, 0.29) is 12.5 Å². The van der Waals surface area contributed by atoms with Crippen LogP contribution in [0.4, 0.5) is 5.69 Å². The third-order valence-electron chi connectivity index (χ3n) is 4.85. The van der Waals surface area contributed by atoms with E-state index in [1.54, 1.807) is 12.1 Å². The summed E-state index contributed by atoms with van der Waals surface area (Å²) in [6.45, 7) is 4.90. The van der Waals surface area contributed by atoms with Crippen molar-refractivity contribution in [3.05, 3.63) is 53.6 Å². The number of hydrogen-bond acceptors (Lipinski definition) is 5. The van der Waals surface area contributed by atoms with Crippen LogP contribution in [0.5, 0.6) is 11.5 Å². The fourth-order valence-corrected chi connectivity index (χ4v) is 4.26. The SMILES string of the molecule is CCOc1ccc(CCCNC(=O)[C@@H]2CN(S(C)(=O)=O)c3cc(C)ccc3O2)cc1. The van der Waals surface area contributed by atoms with Crippen LogP contribution < -0.4 is 19.1 Å². The number of amides is 1. The number of aryl methyl sites for hydroxylation is 2. The van der Waals surface area contributed by atoms with E-state index in [0.717, 1.165) is 36.0 Å². The molecular formula is C22H28N2O5S. The zero-order valence-electron chi connectivity index (χ0n) is 17.6. The zero-order valence-corrected chi connectivity index (χ0v) is 18.4. The molecule has 1 aliphatic rings. The number of carbonyl (C=O) groups is 1. The van der Waals surface area contributed by atoms with Gasteiger partial charge in [-0.15, -0.1) is 0 Å². The van der Waals surface area contributed by atoms with Gasteiger partial charge in [-0.05, 0) is 62.1 Å². The van der Waals surface area contributed by atoms with Gasteiger partial charge in [-0.3, -0.25) is 9.10 Å². The van der Waals surface area contributed by atoms with Crippen LogP contribution in [0.1, 0.15) is 24.5 Å². The molecule has 0 bridgehead atoms. The number of rotatable bonds is 8. The third-order valence-corrected chi connectivity index (χ3v) is 6.00. The van der Waals surface area contributed by atoms with Crippen LogP contribution in [0.15, 0.2) is 42.5 Å². The molecule has 1 amide bonds. The van der Waals surface area contributed by atoms with Crippen molar-refractivity contribution >= 4 is 21.6 Å². The molecule has 0 unspecified atom stereocenters. The van der Waals surface area contributed by atoms with Crippen molar-refractivity contribution in [2.24, 2.45) is 0 Å². The fraction of sp³-hybridized carbons (Fsp3) is 0.409. The Hall–Kier alpha value is -2.74. The van der Waals surface area contributed by atoms with Crippen molar-refractivity contribution in [3.63, 3.8) is 0 Å². The highest BCUT2D eigenvalue weighted by Gasteiger charge is 2.34. The van der Waals surface area contributed by atoms with Gasteiger partial charge in [0.15, 0.2) is 6.10 Å². The smallest absolute Gasteiger partial charge is 0.263 e. The van der Waals surface area contributed by atoms with Crippen molar-refractivity contribution in [2.75, 3.05) is 30.3 Å². The Labute approximate surface area is 178 Å². The Balaban J connectivity index is 1.56. The Morgan fingerprint density at radius 3 is 2.63 bits per heavy atom. The summed E-state index contributed by atoms with van der Waals surface area (Å²) in [5, 5.41) is 2.86. The van der Waals surface area contributed by atoms with Crippen molar-refractivity contribution < 1.29 is 22.7 Å². The molecule has 2 aromatic carbocycles. The maximum atomic E-state index is 12.6. The molecule has 30 heavy (non-hydrogen) atoms.